The molecule has 0 bridgehead atoms. The van der Waals surface area contributed by atoms with Crippen molar-refractivity contribution in [1.29, 1.82) is 0 Å². The highest BCUT2D eigenvalue weighted by atomic mass is 16.5. The quantitative estimate of drug-likeness (QED) is 0.516. The number of imidazole rings is 1. The van der Waals surface area contributed by atoms with Gasteiger partial charge >= 0.3 is 5.97 Å². The van der Waals surface area contributed by atoms with Crippen molar-refractivity contribution in [2.75, 3.05) is 19.7 Å². The second-order valence-electron chi connectivity index (χ2n) is 3.92. The highest BCUT2D eigenvalue weighted by Crippen LogP contribution is 1.99. The Bertz CT molecular complexity index is 415. The van der Waals surface area contributed by atoms with Crippen molar-refractivity contribution in [3.8, 4) is 0 Å². The fourth-order valence-corrected chi connectivity index (χ4v) is 1.57. The summed E-state index contributed by atoms with van der Waals surface area (Å²) in [5, 5.41) is 0. The fraction of sp³-hybridized carbons (Fsp3) is 0.462. The number of carbonyl (C=O) groups is 2. The maximum atomic E-state index is 12.0. The molecule has 1 amide bonds. The molecule has 0 aromatic carbocycles. The van der Waals surface area contributed by atoms with Gasteiger partial charge in [0.15, 0.2) is 0 Å². The van der Waals surface area contributed by atoms with Crippen LogP contribution in [0.15, 0.2) is 31.4 Å². The molecule has 1 aromatic rings. The molecule has 0 saturated carbocycles. The van der Waals surface area contributed by atoms with Gasteiger partial charge in [-0.1, -0.05) is 6.08 Å². The number of amides is 1. The van der Waals surface area contributed by atoms with Gasteiger partial charge in [-0.3, -0.25) is 9.59 Å². The Morgan fingerprint density at radius 2 is 2.32 bits per heavy atom. The SMILES string of the molecule is C=CCN(CC(=O)OCC)C(=O)CCn1ccnc1. The van der Waals surface area contributed by atoms with Crippen molar-refractivity contribution in [3.63, 3.8) is 0 Å². The summed E-state index contributed by atoms with van der Waals surface area (Å²) in [6.07, 6.45) is 7.00. The summed E-state index contributed by atoms with van der Waals surface area (Å²) < 4.78 is 6.65. The third-order valence-electron chi connectivity index (χ3n) is 2.47. The lowest BCUT2D eigenvalue weighted by Crippen LogP contribution is -2.37. The van der Waals surface area contributed by atoms with Crippen LogP contribution in [0.3, 0.4) is 0 Å². The molecule has 0 N–H and O–H groups in total. The lowest BCUT2D eigenvalue weighted by Gasteiger charge is -2.20. The van der Waals surface area contributed by atoms with E-state index in [9.17, 15) is 9.59 Å². The van der Waals surface area contributed by atoms with E-state index in [0.717, 1.165) is 0 Å². The number of hydrogen-bond donors (Lipinski definition) is 0. The number of esters is 1. The molecule has 0 atom stereocenters. The van der Waals surface area contributed by atoms with Crippen molar-refractivity contribution in [3.05, 3.63) is 31.4 Å². The maximum absolute atomic E-state index is 12.0. The number of hydrogen-bond acceptors (Lipinski definition) is 4. The zero-order valence-corrected chi connectivity index (χ0v) is 11.1. The van der Waals surface area contributed by atoms with E-state index in [1.807, 2.05) is 4.57 Å². The van der Waals surface area contributed by atoms with Crippen molar-refractivity contribution >= 4 is 11.9 Å². The second kappa shape index (κ2) is 8.07. The Kier molecular flexibility index (Phi) is 6.35. The van der Waals surface area contributed by atoms with Crippen LogP contribution in [-0.4, -0.2) is 46.0 Å². The number of aryl methyl sites for hydroxylation is 1. The van der Waals surface area contributed by atoms with Crippen LogP contribution in [0.2, 0.25) is 0 Å². The summed E-state index contributed by atoms with van der Waals surface area (Å²) in [5.41, 5.74) is 0. The van der Waals surface area contributed by atoms with E-state index < -0.39 is 5.97 Å². The van der Waals surface area contributed by atoms with E-state index in [-0.39, 0.29) is 12.5 Å². The molecule has 1 rings (SSSR count). The second-order valence-corrected chi connectivity index (χ2v) is 3.92. The molecule has 0 aliphatic rings. The molecule has 19 heavy (non-hydrogen) atoms. The van der Waals surface area contributed by atoms with Crippen LogP contribution in [0.25, 0.3) is 0 Å². The molecule has 6 nitrogen and oxygen atoms in total. The van der Waals surface area contributed by atoms with E-state index >= 15 is 0 Å². The molecular formula is C13H19N3O3. The molecule has 6 heteroatoms. The van der Waals surface area contributed by atoms with Crippen molar-refractivity contribution in [1.82, 2.24) is 14.5 Å². The highest BCUT2D eigenvalue weighted by Gasteiger charge is 2.16. The standard InChI is InChI=1S/C13H19N3O3/c1-3-7-16(10-13(18)19-4-2)12(17)5-8-15-9-6-14-11-15/h3,6,9,11H,1,4-5,7-8,10H2,2H3. The molecular weight excluding hydrogens is 246 g/mol. The fourth-order valence-electron chi connectivity index (χ4n) is 1.57. The van der Waals surface area contributed by atoms with Crippen molar-refractivity contribution in [2.24, 2.45) is 0 Å². The van der Waals surface area contributed by atoms with Crippen LogP contribution in [0.4, 0.5) is 0 Å². The number of ether oxygens (including phenoxy) is 1. The minimum atomic E-state index is -0.402. The molecule has 0 saturated heterocycles. The first-order chi connectivity index (χ1) is 9.17. The molecule has 0 spiro atoms. The van der Waals surface area contributed by atoms with Crippen LogP contribution < -0.4 is 0 Å². The number of aromatic nitrogens is 2. The Hall–Kier alpha value is -2.11. The Balaban J connectivity index is 2.47. The van der Waals surface area contributed by atoms with Gasteiger partial charge in [-0.25, -0.2) is 4.98 Å². The highest BCUT2D eigenvalue weighted by molar-refractivity contribution is 5.82. The number of rotatable bonds is 8. The van der Waals surface area contributed by atoms with E-state index in [1.165, 1.54) is 4.90 Å². The van der Waals surface area contributed by atoms with Crippen LogP contribution in [-0.2, 0) is 20.9 Å². The zero-order valence-electron chi connectivity index (χ0n) is 11.1. The molecule has 1 aromatic heterocycles. The van der Waals surface area contributed by atoms with Gasteiger partial charge < -0.3 is 14.2 Å². The molecule has 0 aliphatic heterocycles. The van der Waals surface area contributed by atoms with Gasteiger partial charge in [-0.2, -0.15) is 0 Å². The Morgan fingerprint density at radius 1 is 1.53 bits per heavy atom. The van der Waals surface area contributed by atoms with Gasteiger partial charge in [-0.15, -0.1) is 6.58 Å². The Morgan fingerprint density at radius 3 is 2.89 bits per heavy atom. The summed E-state index contributed by atoms with van der Waals surface area (Å²) >= 11 is 0. The van der Waals surface area contributed by atoms with E-state index in [2.05, 4.69) is 11.6 Å². The van der Waals surface area contributed by atoms with E-state index in [0.29, 0.717) is 26.1 Å². The normalized spacial score (nSPS) is 9.95. The molecule has 0 aliphatic carbocycles. The monoisotopic (exact) mass is 265 g/mol. The van der Waals surface area contributed by atoms with E-state index in [1.54, 1.807) is 31.7 Å². The van der Waals surface area contributed by atoms with Crippen molar-refractivity contribution in [2.45, 2.75) is 19.9 Å². The minimum absolute atomic E-state index is 0.0391. The lowest BCUT2D eigenvalue weighted by atomic mass is 10.3. The molecule has 0 fully saturated rings. The summed E-state index contributed by atoms with van der Waals surface area (Å²) in [6, 6.07) is 0. The predicted octanol–water partition coefficient (Wildman–Crippen LogP) is 0.851. The molecule has 0 radical (unpaired) electrons. The third-order valence-corrected chi connectivity index (χ3v) is 2.47. The lowest BCUT2D eigenvalue weighted by molar-refractivity contribution is -0.148. The molecule has 104 valence electrons. The summed E-state index contributed by atoms with van der Waals surface area (Å²) in [7, 11) is 0. The van der Waals surface area contributed by atoms with Gasteiger partial charge in [0.2, 0.25) is 5.91 Å². The smallest absolute Gasteiger partial charge is 0.325 e. The van der Waals surface area contributed by atoms with Crippen LogP contribution in [0.1, 0.15) is 13.3 Å². The average molecular weight is 265 g/mol. The van der Waals surface area contributed by atoms with E-state index in [4.69, 9.17) is 4.74 Å². The number of nitrogens with zero attached hydrogens (tertiary/aromatic N) is 3. The minimum Gasteiger partial charge on any atom is -0.465 e. The van der Waals surface area contributed by atoms with Gasteiger partial charge in [-0.05, 0) is 6.92 Å². The van der Waals surface area contributed by atoms with Gasteiger partial charge in [0.25, 0.3) is 0 Å². The molecule has 1 heterocycles. The maximum Gasteiger partial charge on any atom is 0.325 e. The average Bonchev–Trinajstić information content (AvgIpc) is 2.89. The summed E-state index contributed by atoms with van der Waals surface area (Å²) in [4.78, 5) is 28.7. The van der Waals surface area contributed by atoms with Crippen LogP contribution in [0.5, 0.6) is 0 Å². The Labute approximate surface area is 112 Å². The third kappa shape index (κ3) is 5.37. The van der Waals surface area contributed by atoms with Crippen molar-refractivity contribution < 1.29 is 14.3 Å². The first-order valence-corrected chi connectivity index (χ1v) is 6.17. The van der Waals surface area contributed by atoms with Gasteiger partial charge in [0.1, 0.15) is 6.54 Å². The zero-order chi connectivity index (χ0) is 14.1. The van der Waals surface area contributed by atoms with Crippen LogP contribution >= 0.6 is 0 Å². The molecule has 0 unspecified atom stereocenters. The predicted molar refractivity (Wildman–Crippen MR) is 70.3 cm³/mol. The van der Waals surface area contributed by atoms with Crippen LogP contribution in [0, 0.1) is 0 Å². The summed E-state index contributed by atoms with van der Waals surface area (Å²) in [5.74, 6) is -0.512. The largest absolute Gasteiger partial charge is 0.465 e. The topological polar surface area (TPSA) is 64.4 Å². The first-order valence-electron chi connectivity index (χ1n) is 6.17. The summed E-state index contributed by atoms with van der Waals surface area (Å²) in [6.45, 7) is 6.46. The first kappa shape index (κ1) is 14.9. The van der Waals surface area contributed by atoms with Gasteiger partial charge in [0, 0.05) is 31.9 Å². The van der Waals surface area contributed by atoms with Gasteiger partial charge in [0.05, 0.1) is 12.9 Å². The number of carbonyl (C=O) groups excluding carboxylic acids is 2.